The molecule has 0 heterocycles. The molecule has 4 nitrogen and oxygen atoms in total. The van der Waals surface area contributed by atoms with Crippen LogP contribution in [0.25, 0.3) is 0 Å². The van der Waals surface area contributed by atoms with Crippen LogP contribution in [0.15, 0.2) is 18.2 Å². The number of ether oxygens (including phenoxy) is 2. The van der Waals surface area contributed by atoms with Crippen LogP contribution >= 0.6 is 0 Å². The summed E-state index contributed by atoms with van der Waals surface area (Å²) in [6.45, 7) is 1.74. The molecule has 0 fully saturated rings. The molecule has 2 rings (SSSR count). The number of nitrogens with one attached hydrogen (secondary N) is 1. The van der Waals surface area contributed by atoms with Gasteiger partial charge in [-0.2, -0.15) is 0 Å². The Hall–Kier alpha value is -1.10. The van der Waals surface area contributed by atoms with E-state index in [-0.39, 0.29) is 0 Å². The number of aryl methyl sites for hydroxylation is 1. The van der Waals surface area contributed by atoms with Gasteiger partial charge in [-0.25, -0.2) is 0 Å². The van der Waals surface area contributed by atoms with Gasteiger partial charge in [0.25, 0.3) is 0 Å². The lowest BCUT2D eigenvalue weighted by molar-refractivity contribution is 0.116. The second-order valence-corrected chi connectivity index (χ2v) is 5.41. The number of fused-ring (bicyclic) bond motifs is 1. The normalized spacial score (nSPS) is 21.9. The van der Waals surface area contributed by atoms with Crippen LogP contribution in [0.4, 0.5) is 0 Å². The standard InChI is InChI=1S/C16H26N2O2/c1-17-16-14-7-6-13(20-4)11-12(14)5-8-15(16)18(2)9-10-19-3/h6-7,11,15-17H,5,8-10H2,1-4H3. The minimum atomic E-state index is 0.367. The van der Waals surface area contributed by atoms with Crippen molar-refractivity contribution < 1.29 is 9.47 Å². The van der Waals surface area contributed by atoms with Gasteiger partial charge in [0.2, 0.25) is 0 Å². The van der Waals surface area contributed by atoms with Crippen molar-refractivity contribution in [1.29, 1.82) is 0 Å². The third kappa shape index (κ3) is 3.14. The molecule has 1 aliphatic rings. The number of hydrogen-bond donors (Lipinski definition) is 1. The van der Waals surface area contributed by atoms with Crippen LogP contribution in [0, 0.1) is 0 Å². The molecule has 4 heteroatoms. The van der Waals surface area contributed by atoms with E-state index in [2.05, 4.69) is 35.5 Å². The highest BCUT2D eigenvalue weighted by molar-refractivity contribution is 5.40. The molecule has 1 aromatic rings. The molecule has 0 bridgehead atoms. The summed E-state index contributed by atoms with van der Waals surface area (Å²) in [7, 11) is 7.71. The third-order valence-corrected chi connectivity index (χ3v) is 4.30. The van der Waals surface area contributed by atoms with Gasteiger partial charge >= 0.3 is 0 Å². The number of rotatable bonds is 6. The molecule has 1 N–H and O–H groups in total. The highest BCUT2D eigenvalue weighted by Crippen LogP contribution is 2.34. The highest BCUT2D eigenvalue weighted by atomic mass is 16.5. The lowest BCUT2D eigenvalue weighted by Crippen LogP contribution is -2.45. The summed E-state index contributed by atoms with van der Waals surface area (Å²) in [6.07, 6.45) is 2.26. The fraction of sp³-hybridized carbons (Fsp3) is 0.625. The lowest BCUT2D eigenvalue weighted by atomic mass is 9.83. The molecule has 1 aromatic carbocycles. The second kappa shape index (κ2) is 7.07. The van der Waals surface area contributed by atoms with Gasteiger partial charge in [-0.3, -0.25) is 4.90 Å². The van der Waals surface area contributed by atoms with Crippen molar-refractivity contribution in [2.75, 3.05) is 41.5 Å². The molecule has 1 aliphatic carbocycles. The maximum atomic E-state index is 5.33. The Bertz CT molecular complexity index is 436. The maximum Gasteiger partial charge on any atom is 0.119 e. The van der Waals surface area contributed by atoms with Gasteiger partial charge in [0.1, 0.15) is 5.75 Å². The molecule has 0 amide bonds. The lowest BCUT2D eigenvalue weighted by Gasteiger charge is -2.39. The molecule has 0 spiro atoms. The summed E-state index contributed by atoms with van der Waals surface area (Å²) in [5.74, 6) is 0.949. The molecule has 20 heavy (non-hydrogen) atoms. The SMILES string of the molecule is CNC1c2ccc(OC)cc2CCC1N(C)CCOC. The van der Waals surface area contributed by atoms with E-state index >= 15 is 0 Å². The van der Waals surface area contributed by atoms with E-state index in [1.54, 1.807) is 14.2 Å². The average Bonchev–Trinajstić information content (AvgIpc) is 2.50. The van der Waals surface area contributed by atoms with Crippen LogP contribution in [0.2, 0.25) is 0 Å². The van der Waals surface area contributed by atoms with Crippen LogP contribution in [-0.2, 0) is 11.2 Å². The topological polar surface area (TPSA) is 33.7 Å². The largest absolute Gasteiger partial charge is 0.497 e. The van der Waals surface area contributed by atoms with Crippen molar-refractivity contribution in [2.45, 2.75) is 24.9 Å². The van der Waals surface area contributed by atoms with E-state index in [1.165, 1.54) is 11.1 Å². The zero-order valence-corrected chi connectivity index (χ0v) is 13.0. The summed E-state index contributed by atoms with van der Waals surface area (Å²) in [5, 5.41) is 3.48. The number of methoxy groups -OCH3 is 2. The maximum absolute atomic E-state index is 5.33. The molecule has 2 atom stereocenters. The minimum Gasteiger partial charge on any atom is -0.497 e. The van der Waals surface area contributed by atoms with Crippen molar-refractivity contribution in [3.05, 3.63) is 29.3 Å². The average molecular weight is 278 g/mol. The molecule has 2 unspecified atom stereocenters. The van der Waals surface area contributed by atoms with E-state index in [1.807, 2.05) is 7.05 Å². The first-order valence-corrected chi connectivity index (χ1v) is 7.24. The van der Waals surface area contributed by atoms with Crippen LogP contribution in [0.1, 0.15) is 23.6 Å². The Kier molecular flexibility index (Phi) is 5.40. The molecule has 112 valence electrons. The molecule has 0 aliphatic heterocycles. The van der Waals surface area contributed by atoms with Crippen LogP contribution < -0.4 is 10.1 Å². The van der Waals surface area contributed by atoms with E-state index < -0.39 is 0 Å². The van der Waals surface area contributed by atoms with Gasteiger partial charge in [0.05, 0.1) is 13.7 Å². The smallest absolute Gasteiger partial charge is 0.119 e. The predicted octanol–water partition coefficient (Wildman–Crippen LogP) is 1.85. The van der Waals surface area contributed by atoms with Gasteiger partial charge in [0, 0.05) is 25.7 Å². The molecular formula is C16H26N2O2. The van der Waals surface area contributed by atoms with Crippen LogP contribution in [0.5, 0.6) is 5.75 Å². The second-order valence-electron chi connectivity index (χ2n) is 5.41. The zero-order valence-electron chi connectivity index (χ0n) is 13.0. The quantitative estimate of drug-likeness (QED) is 0.861. The molecule has 0 radical (unpaired) electrons. The number of hydrogen-bond acceptors (Lipinski definition) is 4. The fourth-order valence-corrected chi connectivity index (χ4v) is 3.13. The number of nitrogens with zero attached hydrogens (tertiary/aromatic N) is 1. The minimum absolute atomic E-state index is 0.367. The number of benzene rings is 1. The fourth-order valence-electron chi connectivity index (χ4n) is 3.13. The molecule has 0 saturated carbocycles. The number of likely N-dealkylation sites (N-methyl/N-ethyl adjacent to an activating group) is 2. The summed E-state index contributed by atoms with van der Waals surface area (Å²) in [4.78, 5) is 2.40. The van der Waals surface area contributed by atoms with Crippen molar-refractivity contribution in [2.24, 2.45) is 0 Å². The van der Waals surface area contributed by atoms with Gasteiger partial charge < -0.3 is 14.8 Å². The predicted molar refractivity (Wildman–Crippen MR) is 81.4 cm³/mol. The van der Waals surface area contributed by atoms with E-state index in [0.29, 0.717) is 12.1 Å². The monoisotopic (exact) mass is 278 g/mol. The van der Waals surface area contributed by atoms with Gasteiger partial charge in [0.15, 0.2) is 0 Å². The Balaban J connectivity index is 2.19. The van der Waals surface area contributed by atoms with Gasteiger partial charge in [-0.1, -0.05) is 6.07 Å². The van der Waals surface area contributed by atoms with Gasteiger partial charge in [-0.05, 0) is 50.2 Å². The first-order valence-electron chi connectivity index (χ1n) is 7.24. The summed E-state index contributed by atoms with van der Waals surface area (Å²) < 4.78 is 10.5. The summed E-state index contributed by atoms with van der Waals surface area (Å²) in [5.41, 5.74) is 2.80. The third-order valence-electron chi connectivity index (χ3n) is 4.30. The van der Waals surface area contributed by atoms with Crippen molar-refractivity contribution in [3.63, 3.8) is 0 Å². The van der Waals surface area contributed by atoms with Crippen molar-refractivity contribution in [1.82, 2.24) is 10.2 Å². The Morgan fingerprint density at radius 3 is 2.80 bits per heavy atom. The van der Waals surface area contributed by atoms with E-state index in [0.717, 1.165) is 31.7 Å². The Morgan fingerprint density at radius 2 is 2.15 bits per heavy atom. The first kappa shape index (κ1) is 15.3. The van der Waals surface area contributed by atoms with E-state index in [4.69, 9.17) is 9.47 Å². The van der Waals surface area contributed by atoms with Crippen molar-refractivity contribution >= 4 is 0 Å². The molecule has 0 aromatic heterocycles. The van der Waals surface area contributed by atoms with Gasteiger partial charge in [-0.15, -0.1) is 0 Å². The highest BCUT2D eigenvalue weighted by Gasteiger charge is 2.31. The first-order chi connectivity index (χ1) is 9.71. The molecule has 0 saturated heterocycles. The Morgan fingerprint density at radius 1 is 1.35 bits per heavy atom. The summed E-state index contributed by atoms with van der Waals surface area (Å²) in [6, 6.07) is 7.31. The van der Waals surface area contributed by atoms with Crippen LogP contribution in [-0.4, -0.2) is 52.4 Å². The van der Waals surface area contributed by atoms with Crippen LogP contribution in [0.3, 0.4) is 0 Å². The van der Waals surface area contributed by atoms with E-state index in [9.17, 15) is 0 Å². The summed E-state index contributed by atoms with van der Waals surface area (Å²) >= 11 is 0. The molecular weight excluding hydrogens is 252 g/mol. The van der Waals surface area contributed by atoms with Crippen molar-refractivity contribution in [3.8, 4) is 5.75 Å². The zero-order chi connectivity index (χ0) is 14.5. The Labute approximate surface area is 122 Å².